The van der Waals surface area contributed by atoms with E-state index < -0.39 is 18.0 Å². The van der Waals surface area contributed by atoms with Crippen LogP contribution in [0, 0.1) is 0 Å². The van der Waals surface area contributed by atoms with Gasteiger partial charge in [0.1, 0.15) is 6.33 Å². The lowest BCUT2D eigenvalue weighted by molar-refractivity contribution is -0.117. The van der Waals surface area contributed by atoms with E-state index in [0.717, 1.165) is 5.56 Å². The van der Waals surface area contributed by atoms with Gasteiger partial charge in [-0.25, -0.2) is 4.79 Å². The van der Waals surface area contributed by atoms with Crippen LogP contribution in [0.15, 0.2) is 85.2 Å². The second-order valence-electron chi connectivity index (χ2n) is 10.1. The maximum absolute atomic E-state index is 13.4. The smallest absolute Gasteiger partial charge is 0.411 e. The summed E-state index contributed by atoms with van der Waals surface area (Å²) in [7, 11) is 1.28. The van der Waals surface area contributed by atoms with Crippen molar-refractivity contribution >= 4 is 58.6 Å². The molecule has 0 unspecified atom stereocenters. The van der Waals surface area contributed by atoms with Gasteiger partial charge in [-0.05, 0) is 82.6 Å². The van der Waals surface area contributed by atoms with Gasteiger partial charge >= 0.3 is 6.09 Å². The number of carbonyl (C=O) groups excluding carboxylic acids is 3. The molecule has 15 heteroatoms. The van der Waals surface area contributed by atoms with E-state index in [1.807, 2.05) is 12.1 Å². The molecule has 0 spiro atoms. The molecule has 0 saturated heterocycles. The molecule has 0 fully saturated rings. The van der Waals surface area contributed by atoms with Gasteiger partial charge in [-0.1, -0.05) is 47.5 Å². The molecule has 3 aromatic carbocycles. The predicted molar refractivity (Wildman–Crippen MR) is 177 cm³/mol. The molecule has 2 aromatic heterocycles. The summed E-state index contributed by atoms with van der Waals surface area (Å²) in [6.45, 7) is 1.43. The highest BCUT2D eigenvalue weighted by Crippen LogP contribution is 2.30. The summed E-state index contributed by atoms with van der Waals surface area (Å²) in [5.41, 5.74) is 5.00. The fourth-order valence-corrected chi connectivity index (χ4v) is 4.97. The van der Waals surface area contributed by atoms with Gasteiger partial charge in [0.15, 0.2) is 5.15 Å². The zero-order valence-corrected chi connectivity index (χ0v) is 26.5. The van der Waals surface area contributed by atoms with Crippen LogP contribution in [0.3, 0.4) is 0 Å². The predicted octanol–water partition coefficient (Wildman–Crippen LogP) is 5.68. The summed E-state index contributed by atoms with van der Waals surface area (Å²) in [4.78, 5) is 36.4. The van der Waals surface area contributed by atoms with Crippen LogP contribution in [0.5, 0.6) is 0 Å². The molecule has 3 N–H and O–H groups in total. The Morgan fingerprint density at radius 3 is 2.34 bits per heavy atom. The number of rotatable bonds is 10. The number of aromatic nitrogens is 6. The third-order valence-corrected chi connectivity index (χ3v) is 7.30. The van der Waals surface area contributed by atoms with Crippen LogP contribution in [-0.4, -0.2) is 55.4 Å². The van der Waals surface area contributed by atoms with Gasteiger partial charge in [0.05, 0.1) is 24.5 Å². The Bertz CT molecular complexity index is 1920. The Balaban J connectivity index is 1.44. The van der Waals surface area contributed by atoms with Crippen molar-refractivity contribution in [3.63, 3.8) is 0 Å². The van der Waals surface area contributed by atoms with E-state index in [2.05, 4.69) is 46.4 Å². The van der Waals surface area contributed by atoms with Gasteiger partial charge in [0.2, 0.25) is 11.8 Å². The van der Waals surface area contributed by atoms with Crippen LogP contribution >= 0.6 is 23.2 Å². The van der Waals surface area contributed by atoms with Crippen LogP contribution in [0.2, 0.25) is 10.2 Å². The van der Waals surface area contributed by atoms with Crippen molar-refractivity contribution in [2.45, 2.75) is 19.4 Å². The van der Waals surface area contributed by atoms with E-state index in [9.17, 15) is 14.4 Å². The molecule has 1 atom stereocenters. The van der Waals surface area contributed by atoms with Crippen molar-refractivity contribution in [2.75, 3.05) is 17.7 Å². The molecule has 0 aliphatic heterocycles. The first-order valence-electron chi connectivity index (χ1n) is 14.0. The van der Waals surface area contributed by atoms with E-state index in [1.54, 1.807) is 66.7 Å². The standard InChI is InChI=1S/C32H27Cl2N9O4/c1-19(44)36-24-9-3-20(4-10-24)15-27(38-30(45)14-7-22-16-23(33)8-13-29(22)43-18-35-41-42-43)28-17-26(31(34)40-39-28)21-5-11-25(12-6-21)37-32(46)47-2/h3-14,16-18,27H,15H2,1-2H3,(H,36,44)(H,37,46)(H,38,45)/b14-7+/t27-/m0/s1. The van der Waals surface area contributed by atoms with Crippen molar-refractivity contribution in [3.05, 3.63) is 112 Å². The molecular formula is C32H27Cl2N9O4. The zero-order chi connectivity index (χ0) is 33.3. The molecule has 0 radical (unpaired) electrons. The lowest BCUT2D eigenvalue weighted by Gasteiger charge is -2.19. The highest BCUT2D eigenvalue weighted by atomic mass is 35.5. The number of hydrogen-bond acceptors (Lipinski definition) is 9. The summed E-state index contributed by atoms with van der Waals surface area (Å²) in [5, 5.41) is 28.8. The van der Waals surface area contributed by atoms with E-state index in [0.29, 0.717) is 50.9 Å². The average Bonchev–Trinajstić information content (AvgIpc) is 3.60. The molecule has 0 bridgehead atoms. The number of amides is 3. The topological polar surface area (TPSA) is 166 Å². The first-order chi connectivity index (χ1) is 22.7. The number of halogens is 2. The third-order valence-electron chi connectivity index (χ3n) is 6.78. The molecule has 3 amide bonds. The Morgan fingerprint density at radius 1 is 0.936 bits per heavy atom. The van der Waals surface area contributed by atoms with Crippen molar-refractivity contribution in [1.82, 2.24) is 35.7 Å². The highest BCUT2D eigenvalue weighted by molar-refractivity contribution is 6.32. The lowest BCUT2D eigenvalue weighted by atomic mass is 10.00. The van der Waals surface area contributed by atoms with Gasteiger partial charge in [0, 0.05) is 40.5 Å². The Hall–Kier alpha value is -5.66. The molecule has 5 rings (SSSR count). The molecule has 5 aromatic rings. The molecule has 13 nitrogen and oxygen atoms in total. The minimum absolute atomic E-state index is 0.156. The normalized spacial score (nSPS) is 11.6. The first kappa shape index (κ1) is 32.7. The van der Waals surface area contributed by atoms with E-state index in [1.165, 1.54) is 31.1 Å². The molecule has 47 heavy (non-hydrogen) atoms. The molecular weight excluding hydrogens is 645 g/mol. The summed E-state index contributed by atoms with van der Waals surface area (Å²) in [5.74, 6) is -0.597. The minimum atomic E-state index is -0.638. The monoisotopic (exact) mass is 671 g/mol. The van der Waals surface area contributed by atoms with Crippen LogP contribution in [-0.2, 0) is 20.7 Å². The number of nitrogens with one attached hydrogen (secondary N) is 3. The number of nitrogens with zero attached hydrogens (tertiary/aromatic N) is 6. The summed E-state index contributed by atoms with van der Waals surface area (Å²) in [6.07, 6.45) is 4.17. The van der Waals surface area contributed by atoms with Gasteiger partial charge in [-0.3, -0.25) is 14.9 Å². The number of benzene rings is 3. The fourth-order valence-electron chi connectivity index (χ4n) is 4.58. The van der Waals surface area contributed by atoms with Gasteiger partial charge in [-0.15, -0.1) is 10.2 Å². The molecule has 0 saturated carbocycles. The van der Waals surface area contributed by atoms with Crippen molar-refractivity contribution in [3.8, 4) is 16.8 Å². The zero-order valence-electron chi connectivity index (χ0n) is 25.0. The molecule has 2 heterocycles. The number of hydrogen-bond donors (Lipinski definition) is 3. The van der Waals surface area contributed by atoms with Gasteiger partial charge in [-0.2, -0.15) is 9.78 Å². The van der Waals surface area contributed by atoms with Crippen molar-refractivity contribution in [1.29, 1.82) is 0 Å². The van der Waals surface area contributed by atoms with Crippen molar-refractivity contribution in [2.24, 2.45) is 0 Å². The number of anilines is 2. The second kappa shape index (κ2) is 15.1. The Labute approximate surface area is 279 Å². The van der Waals surface area contributed by atoms with Crippen LogP contribution in [0.25, 0.3) is 22.9 Å². The van der Waals surface area contributed by atoms with Gasteiger partial charge < -0.3 is 15.4 Å². The maximum atomic E-state index is 13.4. The van der Waals surface area contributed by atoms with Crippen LogP contribution < -0.4 is 16.0 Å². The van der Waals surface area contributed by atoms with E-state index >= 15 is 0 Å². The largest absolute Gasteiger partial charge is 0.453 e. The Morgan fingerprint density at radius 2 is 1.66 bits per heavy atom. The molecule has 0 aliphatic carbocycles. The van der Waals surface area contributed by atoms with Crippen molar-refractivity contribution < 1.29 is 19.1 Å². The number of carbonyl (C=O) groups is 3. The van der Waals surface area contributed by atoms with Gasteiger partial charge in [0.25, 0.3) is 0 Å². The third kappa shape index (κ3) is 8.75. The fraction of sp³-hybridized carbons (Fsp3) is 0.125. The number of ether oxygens (including phenoxy) is 1. The number of tetrazole rings is 1. The SMILES string of the molecule is COC(=O)Nc1ccc(-c2cc([C@H](Cc3ccc(NC(C)=O)cc3)NC(=O)/C=C/c3cc(Cl)ccc3-n3cnnn3)nnc2Cl)cc1. The first-order valence-corrected chi connectivity index (χ1v) is 14.8. The average molecular weight is 673 g/mol. The lowest BCUT2D eigenvalue weighted by Crippen LogP contribution is -2.29. The molecule has 238 valence electrons. The minimum Gasteiger partial charge on any atom is -0.453 e. The van der Waals surface area contributed by atoms with E-state index in [4.69, 9.17) is 23.2 Å². The second-order valence-corrected chi connectivity index (χ2v) is 10.9. The number of methoxy groups -OCH3 is 1. The maximum Gasteiger partial charge on any atom is 0.411 e. The summed E-state index contributed by atoms with van der Waals surface area (Å²) >= 11 is 12.7. The Kier molecular flexibility index (Phi) is 10.5. The van der Waals surface area contributed by atoms with E-state index in [-0.39, 0.29) is 11.1 Å². The highest BCUT2D eigenvalue weighted by Gasteiger charge is 2.20. The molecule has 0 aliphatic rings. The quantitative estimate of drug-likeness (QED) is 0.158. The summed E-state index contributed by atoms with van der Waals surface area (Å²) < 4.78 is 6.10. The van der Waals surface area contributed by atoms with Crippen LogP contribution in [0.4, 0.5) is 16.2 Å². The van der Waals surface area contributed by atoms with Crippen LogP contribution in [0.1, 0.15) is 29.8 Å². The summed E-state index contributed by atoms with van der Waals surface area (Å²) in [6, 6.07) is 20.4.